The van der Waals surface area contributed by atoms with Gasteiger partial charge in [0, 0.05) is 23.7 Å². The van der Waals surface area contributed by atoms with Gasteiger partial charge in [-0.1, -0.05) is 74.6 Å². The van der Waals surface area contributed by atoms with Crippen LogP contribution in [0.15, 0.2) is 36.4 Å². The Labute approximate surface area is 267 Å². The van der Waals surface area contributed by atoms with E-state index in [9.17, 15) is 0 Å². The Morgan fingerprint density at radius 3 is 1.60 bits per heavy atom. The van der Waals surface area contributed by atoms with Crippen molar-refractivity contribution in [3.8, 4) is 11.1 Å². The number of piperidine rings is 1. The van der Waals surface area contributed by atoms with Crippen molar-refractivity contribution in [3.05, 3.63) is 58.7 Å². The topological polar surface area (TPSA) is 0 Å². The second-order valence-corrected chi connectivity index (χ2v) is 17.7. The van der Waals surface area contributed by atoms with Crippen LogP contribution in [0.4, 0.5) is 0 Å². The van der Waals surface area contributed by atoms with Crippen molar-refractivity contribution in [1.82, 2.24) is 0 Å². The molecule has 1 fully saturated rings. The number of aryl methyl sites for hydroxylation is 1. The zero-order chi connectivity index (χ0) is 31.5. The molecule has 2 aromatic rings. The lowest BCUT2D eigenvalue weighted by atomic mass is 9.68. The highest BCUT2D eigenvalue weighted by molar-refractivity contribution is 5.82. The summed E-state index contributed by atoms with van der Waals surface area (Å²) in [5.74, 6) is 0. The van der Waals surface area contributed by atoms with E-state index in [1.54, 1.807) is 16.7 Å². The predicted molar refractivity (Wildman–Crippen MR) is 188 cm³/mol. The van der Waals surface area contributed by atoms with E-state index in [1.165, 1.54) is 120 Å². The molecule has 2 aliphatic rings. The molecular weight excluding hydrogens is 522 g/mol. The smallest absolute Gasteiger partial charge is 0.0791 e. The maximum Gasteiger partial charge on any atom is 0.0791 e. The van der Waals surface area contributed by atoms with E-state index in [-0.39, 0.29) is 10.8 Å². The molecule has 3 nitrogen and oxygen atoms in total. The molecule has 0 amide bonds. The number of unbranched alkanes of at least 4 members (excludes halogenated alkanes) is 6. The summed E-state index contributed by atoms with van der Waals surface area (Å²) in [4.78, 5) is 0. The zero-order valence-corrected chi connectivity index (χ0v) is 30.1. The fraction of sp³-hybridized carbons (Fsp3) is 0.700. The average Bonchev–Trinajstić information content (AvgIpc) is 3.17. The van der Waals surface area contributed by atoms with Crippen molar-refractivity contribution in [2.75, 3.05) is 82.6 Å². The summed E-state index contributed by atoms with van der Waals surface area (Å²) < 4.78 is 3.32. The number of hydrogen-bond donors (Lipinski definition) is 0. The molecule has 1 aliphatic carbocycles. The highest BCUT2D eigenvalue weighted by Gasteiger charge is 2.44. The van der Waals surface area contributed by atoms with E-state index in [4.69, 9.17) is 0 Å². The van der Waals surface area contributed by atoms with Crippen molar-refractivity contribution in [1.29, 1.82) is 0 Å². The van der Waals surface area contributed by atoms with Gasteiger partial charge >= 0.3 is 0 Å². The van der Waals surface area contributed by atoms with E-state index < -0.39 is 0 Å². The van der Waals surface area contributed by atoms with Crippen LogP contribution in [-0.4, -0.2) is 96.0 Å². The predicted octanol–water partition coefficient (Wildman–Crippen LogP) is 8.70. The molecule has 0 atom stereocenters. The van der Waals surface area contributed by atoms with Crippen molar-refractivity contribution in [2.45, 2.75) is 102 Å². The third-order valence-electron chi connectivity index (χ3n) is 11.1. The Morgan fingerprint density at radius 2 is 1.09 bits per heavy atom. The van der Waals surface area contributed by atoms with Gasteiger partial charge in [0.2, 0.25) is 0 Å². The first-order valence-corrected chi connectivity index (χ1v) is 17.7. The molecular formula is C40H68N3+3. The summed E-state index contributed by atoms with van der Waals surface area (Å²) in [6.07, 6.45) is 15.9. The molecule has 0 N–H and O–H groups in total. The Balaban J connectivity index is 1.63. The van der Waals surface area contributed by atoms with Crippen LogP contribution < -0.4 is 0 Å². The summed E-state index contributed by atoms with van der Waals surface area (Å²) in [7, 11) is 18.8. The first-order valence-electron chi connectivity index (χ1n) is 17.7. The van der Waals surface area contributed by atoms with Crippen LogP contribution >= 0.6 is 0 Å². The van der Waals surface area contributed by atoms with Crippen molar-refractivity contribution >= 4 is 0 Å². The Bertz CT molecular complexity index is 1170. The van der Waals surface area contributed by atoms with Gasteiger partial charge in [-0.25, -0.2) is 0 Å². The van der Waals surface area contributed by atoms with Gasteiger partial charge in [-0.15, -0.1) is 0 Å². The Kier molecular flexibility index (Phi) is 10.6. The van der Waals surface area contributed by atoms with Crippen LogP contribution in [0.1, 0.15) is 106 Å². The van der Waals surface area contributed by atoms with Gasteiger partial charge in [-0.05, 0) is 73.3 Å². The molecule has 0 saturated carbocycles. The van der Waals surface area contributed by atoms with Crippen LogP contribution in [0, 0.1) is 6.92 Å². The van der Waals surface area contributed by atoms with Gasteiger partial charge in [0.15, 0.2) is 0 Å². The highest BCUT2D eigenvalue weighted by Crippen LogP contribution is 2.55. The Morgan fingerprint density at radius 1 is 0.628 bits per heavy atom. The molecule has 0 aromatic heterocycles. The Hall–Kier alpha value is -1.68. The number of likely N-dealkylation sites (tertiary alicyclic amines) is 1. The van der Waals surface area contributed by atoms with Crippen molar-refractivity contribution in [3.63, 3.8) is 0 Å². The van der Waals surface area contributed by atoms with E-state index >= 15 is 0 Å². The lowest BCUT2D eigenvalue weighted by molar-refractivity contribution is -0.896. The molecule has 0 spiro atoms. The SMILES string of the molecule is Cc1ccc2c(c1)C(CCCCCC[N+](C)(C)C)(CCCCCC[N+](C)(C)C)c1cc(C3(C)CC[N+](C)(C)CC3)ccc1-2. The monoisotopic (exact) mass is 591 g/mol. The fourth-order valence-electron chi connectivity index (χ4n) is 8.01. The first kappa shape index (κ1) is 34.2. The molecule has 2 aromatic carbocycles. The highest BCUT2D eigenvalue weighted by atomic mass is 15.3. The number of benzene rings is 2. The second kappa shape index (κ2) is 13.4. The van der Waals surface area contributed by atoms with E-state index in [1.807, 2.05) is 0 Å². The summed E-state index contributed by atoms with van der Waals surface area (Å²) in [5.41, 5.74) is 9.83. The average molecular weight is 591 g/mol. The van der Waals surface area contributed by atoms with E-state index in [0.717, 1.165) is 13.4 Å². The third kappa shape index (κ3) is 8.74. The lowest BCUT2D eigenvalue weighted by Crippen LogP contribution is -2.50. The minimum atomic E-state index is 0.160. The van der Waals surface area contributed by atoms with Crippen LogP contribution in [-0.2, 0) is 10.8 Å². The van der Waals surface area contributed by atoms with Gasteiger partial charge in [0.25, 0.3) is 0 Å². The summed E-state index contributed by atoms with van der Waals surface area (Å²) in [5, 5.41) is 0. The molecule has 43 heavy (non-hydrogen) atoms. The normalized spacial score (nSPS) is 18.8. The van der Waals surface area contributed by atoms with Gasteiger partial charge in [0.05, 0.1) is 82.6 Å². The molecule has 3 heteroatoms. The molecule has 1 aliphatic heterocycles. The van der Waals surface area contributed by atoms with Crippen LogP contribution in [0.3, 0.4) is 0 Å². The molecule has 0 radical (unpaired) electrons. The maximum atomic E-state index is 2.73. The summed E-state index contributed by atoms with van der Waals surface area (Å²) >= 11 is 0. The quantitative estimate of drug-likeness (QED) is 0.144. The standard InChI is InChI=1S/C40H68N3/c1-33-19-21-35-36-22-20-34(39(2)25-29-43(9,10)30-26-39)32-38(36)40(37(35)31-33,23-15-11-13-17-27-41(3,4)5)24-16-12-14-18-28-42(6,7)8/h19-22,31-32H,11-18,23-30H2,1-10H3/q+3. The number of rotatable bonds is 15. The number of hydrogen-bond acceptors (Lipinski definition) is 0. The summed E-state index contributed by atoms with van der Waals surface area (Å²) in [6, 6.07) is 15.2. The lowest BCUT2D eigenvalue weighted by Gasteiger charge is -2.43. The largest absolute Gasteiger partial charge is 0.331 e. The molecule has 0 bridgehead atoms. The van der Waals surface area contributed by atoms with Crippen LogP contribution in [0.2, 0.25) is 0 Å². The van der Waals surface area contributed by atoms with Crippen LogP contribution in [0.25, 0.3) is 11.1 Å². The van der Waals surface area contributed by atoms with Gasteiger partial charge < -0.3 is 13.4 Å². The molecule has 4 rings (SSSR count). The first-order chi connectivity index (χ1) is 20.0. The van der Waals surface area contributed by atoms with Crippen molar-refractivity contribution < 1.29 is 13.4 Å². The third-order valence-corrected chi connectivity index (χ3v) is 11.1. The molecule has 1 saturated heterocycles. The molecule has 240 valence electrons. The van der Waals surface area contributed by atoms with E-state index in [2.05, 4.69) is 107 Å². The number of quaternary nitrogens is 3. The maximum absolute atomic E-state index is 2.73. The van der Waals surface area contributed by atoms with Gasteiger partial charge in [-0.2, -0.15) is 0 Å². The summed E-state index contributed by atoms with van der Waals surface area (Å²) in [6.45, 7) is 9.97. The van der Waals surface area contributed by atoms with Gasteiger partial charge in [-0.3, -0.25) is 0 Å². The van der Waals surface area contributed by atoms with Crippen molar-refractivity contribution in [2.24, 2.45) is 0 Å². The number of nitrogens with zero attached hydrogens (tertiary/aromatic N) is 3. The van der Waals surface area contributed by atoms with Gasteiger partial charge in [0.1, 0.15) is 0 Å². The zero-order valence-electron chi connectivity index (χ0n) is 30.1. The van der Waals surface area contributed by atoms with E-state index in [0.29, 0.717) is 0 Å². The molecule has 1 heterocycles. The fourth-order valence-corrected chi connectivity index (χ4v) is 8.01. The van der Waals surface area contributed by atoms with Crippen LogP contribution in [0.5, 0.6) is 0 Å². The molecule has 0 unspecified atom stereocenters. The minimum Gasteiger partial charge on any atom is -0.331 e. The number of fused-ring (bicyclic) bond motifs is 3. The minimum absolute atomic E-state index is 0.160. The second-order valence-electron chi connectivity index (χ2n) is 17.7.